The van der Waals surface area contributed by atoms with Crippen molar-refractivity contribution in [2.45, 2.75) is 38.1 Å². The zero-order valence-electron chi connectivity index (χ0n) is 13.0. The van der Waals surface area contributed by atoms with Gasteiger partial charge in [0.05, 0.1) is 15.7 Å². The third kappa shape index (κ3) is 3.50. The molecule has 1 aromatic carbocycles. The molecule has 0 bridgehead atoms. The van der Waals surface area contributed by atoms with E-state index in [0.29, 0.717) is 26.4 Å². The standard InChI is InChI=1S/C18H17BrClN3O/c19-15-14(10-21)16(11-6-8-12(20)9-7-11)23-17(15)18(24)22-13-4-2-1-3-5-13/h6-9,13,23H,1-5H2,(H,22,24). The first-order valence-electron chi connectivity index (χ1n) is 7.98. The highest BCUT2D eigenvalue weighted by Gasteiger charge is 2.24. The Morgan fingerprint density at radius 1 is 1.25 bits per heavy atom. The fourth-order valence-electron chi connectivity index (χ4n) is 3.08. The smallest absolute Gasteiger partial charge is 0.269 e. The summed E-state index contributed by atoms with van der Waals surface area (Å²) in [4.78, 5) is 15.7. The van der Waals surface area contributed by atoms with Gasteiger partial charge in [0, 0.05) is 11.1 Å². The lowest BCUT2D eigenvalue weighted by molar-refractivity contribution is 0.0922. The Kier molecular flexibility index (Phi) is 5.27. The average molecular weight is 407 g/mol. The molecule has 0 spiro atoms. The van der Waals surface area contributed by atoms with Crippen molar-refractivity contribution in [1.82, 2.24) is 10.3 Å². The number of H-pyrrole nitrogens is 1. The molecule has 1 heterocycles. The zero-order chi connectivity index (χ0) is 17.1. The van der Waals surface area contributed by atoms with Crippen molar-refractivity contribution in [3.05, 3.63) is 45.0 Å². The molecule has 0 aliphatic heterocycles. The lowest BCUT2D eigenvalue weighted by Gasteiger charge is -2.22. The molecule has 1 amide bonds. The number of nitrogens with one attached hydrogen (secondary N) is 2. The van der Waals surface area contributed by atoms with E-state index in [-0.39, 0.29) is 11.9 Å². The minimum absolute atomic E-state index is 0.175. The molecule has 0 saturated heterocycles. The largest absolute Gasteiger partial charge is 0.348 e. The second-order valence-electron chi connectivity index (χ2n) is 5.99. The first-order chi connectivity index (χ1) is 11.6. The monoisotopic (exact) mass is 405 g/mol. The second-order valence-corrected chi connectivity index (χ2v) is 7.22. The molecule has 1 aromatic heterocycles. The van der Waals surface area contributed by atoms with E-state index >= 15 is 0 Å². The Bertz CT molecular complexity index is 786. The summed E-state index contributed by atoms with van der Waals surface area (Å²) in [5, 5.41) is 13.2. The van der Waals surface area contributed by atoms with E-state index in [1.807, 2.05) is 12.1 Å². The molecular formula is C18H17BrClN3O. The van der Waals surface area contributed by atoms with E-state index in [9.17, 15) is 10.1 Å². The summed E-state index contributed by atoms with van der Waals surface area (Å²) in [6.45, 7) is 0. The van der Waals surface area contributed by atoms with Gasteiger partial charge in [-0.25, -0.2) is 0 Å². The number of aromatic nitrogens is 1. The van der Waals surface area contributed by atoms with Gasteiger partial charge in [-0.3, -0.25) is 4.79 Å². The van der Waals surface area contributed by atoms with Crippen LogP contribution in [-0.4, -0.2) is 16.9 Å². The van der Waals surface area contributed by atoms with Crippen molar-refractivity contribution in [2.24, 2.45) is 0 Å². The van der Waals surface area contributed by atoms with E-state index in [2.05, 4.69) is 32.3 Å². The first kappa shape index (κ1) is 17.1. The van der Waals surface area contributed by atoms with E-state index in [1.165, 1.54) is 6.42 Å². The van der Waals surface area contributed by atoms with Crippen LogP contribution in [-0.2, 0) is 0 Å². The van der Waals surface area contributed by atoms with Crippen LogP contribution >= 0.6 is 27.5 Å². The van der Waals surface area contributed by atoms with Crippen LogP contribution < -0.4 is 5.32 Å². The highest BCUT2D eigenvalue weighted by molar-refractivity contribution is 9.10. The van der Waals surface area contributed by atoms with E-state index in [0.717, 1.165) is 31.2 Å². The number of hydrogen-bond acceptors (Lipinski definition) is 2. The molecule has 0 radical (unpaired) electrons. The zero-order valence-corrected chi connectivity index (χ0v) is 15.4. The molecule has 1 fully saturated rings. The number of amides is 1. The lowest BCUT2D eigenvalue weighted by Crippen LogP contribution is -2.36. The van der Waals surface area contributed by atoms with Crippen molar-refractivity contribution in [3.8, 4) is 17.3 Å². The highest BCUT2D eigenvalue weighted by Crippen LogP contribution is 2.32. The van der Waals surface area contributed by atoms with Crippen LogP contribution in [0.5, 0.6) is 0 Å². The van der Waals surface area contributed by atoms with Gasteiger partial charge in [-0.15, -0.1) is 0 Å². The van der Waals surface area contributed by atoms with Crippen LogP contribution in [0.1, 0.15) is 48.2 Å². The van der Waals surface area contributed by atoms with Gasteiger partial charge in [0.2, 0.25) is 0 Å². The Hall–Kier alpha value is -1.77. The summed E-state index contributed by atoms with van der Waals surface area (Å²) in [7, 11) is 0. The predicted octanol–water partition coefficient (Wildman–Crippen LogP) is 5.03. The number of hydrogen-bond donors (Lipinski definition) is 2. The Morgan fingerprint density at radius 3 is 2.54 bits per heavy atom. The predicted molar refractivity (Wildman–Crippen MR) is 98.0 cm³/mol. The third-order valence-electron chi connectivity index (χ3n) is 4.35. The van der Waals surface area contributed by atoms with Gasteiger partial charge in [-0.1, -0.05) is 43.0 Å². The van der Waals surface area contributed by atoms with Crippen molar-refractivity contribution in [2.75, 3.05) is 0 Å². The molecule has 0 unspecified atom stereocenters. The van der Waals surface area contributed by atoms with Gasteiger partial charge >= 0.3 is 0 Å². The Morgan fingerprint density at radius 2 is 1.92 bits per heavy atom. The van der Waals surface area contributed by atoms with E-state index in [1.54, 1.807) is 12.1 Å². The molecular weight excluding hydrogens is 390 g/mol. The van der Waals surface area contributed by atoms with Crippen LogP contribution in [0.25, 0.3) is 11.3 Å². The number of carbonyl (C=O) groups excluding carboxylic acids is 1. The van der Waals surface area contributed by atoms with Gasteiger partial charge in [-0.2, -0.15) is 5.26 Å². The molecule has 3 rings (SSSR count). The number of halogens is 2. The molecule has 4 nitrogen and oxygen atoms in total. The molecule has 6 heteroatoms. The fourth-order valence-corrected chi connectivity index (χ4v) is 3.77. The maximum atomic E-state index is 12.6. The molecule has 2 N–H and O–H groups in total. The molecule has 1 aliphatic carbocycles. The summed E-state index contributed by atoms with van der Waals surface area (Å²) >= 11 is 9.32. The summed E-state index contributed by atoms with van der Waals surface area (Å²) in [5.41, 5.74) is 2.25. The maximum Gasteiger partial charge on any atom is 0.269 e. The molecule has 24 heavy (non-hydrogen) atoms. The average Bonchev–Trinajstić information content (AvgIpc) is 2.93. The lowest BCUT2D eigenvalue weighted by atomic mass is 9.95. The van der Waals surface area contributed by atoms with E-state index < -0.39 is 0 Å². The minimum Gasteiger partial charge on any atom is -0.348 e. The fraction of sp³-hybridized carbons (Fsp3) is 0.333. The van der Waals surface area contributed by atoms with Crippen molar-refractivity contribution in [3.63, 3.8) is 0 Å². The Balaban J connectivity index is 1.90. The molecule has 0 atom stereocenters. The second kappa shape index (κ2) is 7.42. The van der Waals surface area contributed by atoms with Crippen LogP contribution in [0.3, 0.4) is 0 Å². The van der Waals surface area contributed by atoms with Crippen LogP contribution in [0.4, 0.5) is 0 Å². The molecule has 2 aromatic rings. The van der Waals surface area contributed by atoms with E-state index in [4.69, 9.17) is 11.6 Å². The van der Waals surface area contributed by atoms with Gasteiger partial charge in [0.15, 0.2) is 0 Å². The number of aromatic amines is 1. The summed E-state index contributed by atoms with van der Waals surface area (Å²) in [6, 6.07) is 9.54. The summed E-state index contributed by atoms with van der Waals surface area (Å²) < 4.78 is 0.503. The highest BCUT2D eigenvalue weighted by atomic mass is 79.9. The summed E-state index contributed by atoms with van der Waals surface area (Å²) in [6.07, 6.45) is 5.56. The van der Waals surface area contributed by atoms with Gasteiger partial charge in [-0.05, 0) is 46.5 Å². The SMILES string of the molecule is N#Cc1c(-c2ccc(Cl)cc2)[nH]c(C(=O)NC2CCCCC2)c1Br. The molecule has 1 aliphatic rings. The van der Waals surface area contributed by atoms with Gasteiger partial charge in [0.25, 0.3) is 5.91 Å². The van der Waals surface area contributed by atoms with Gasteiger partial charge < -0.3 is 10.3 Å². The maximum absolute atomic E-state index is 12.6. The van der Waals surface area contributed by atoms with Crippen molar-refractivity contribution >= 4 is 33.4 Å². The topological polar surface area (TPSA) is 68.7 Å². The first-order valence-corrected chi connectivity index (χ1v) is 9.15. The quantitative estimate of drug-likeness (QED) is 0.750. The molecule has 124 valence electrons. The van der Waals surface area contributed by atoms with Crippen LogP contribution in [0, 0.1) is 11.3 Å². The minimum atomic E-state index is -0.175. The molecule has 1 saturated carbocycles. The van der Waals surface area contributed by atoms with Crippen molar-refractivity contribution < 1.29 is 4.79 Å². The summed E-state index contributed by atoms with van der Waals surface area (Å²) in [5.74, 6) is -0.175. The number of nitrogens with zero attached hydrogens (tertiary/aromatic N) is 1. The van der Waals surface area contributed by atoms with Gasteiger partial charge in [0.1, 0.15) is 11.8 Å². The normalized spacial score (nSPS) is 15.0. The van der Waals surface area contributed by atoms with Crippen molar-refractivity contribution in [1.29, 1.82) is 5.26 Å². The third-order valence-corrected chi connectivity index (χ3v) is 5.40. The van der Waals surface area contributed by atoms with Crippen LogP contribution in [0.15, 0.2) is 28.7 Å². The Labute approximate surface area is 154 Å². The number of rotatable bonds is 3. The van der Waals surface area contributed by atoms with Crippen LogP contribution in [0.2, 0.25) is 5.02 Å². The number of carbonyl (C=O) groups is 1. The number of nitriles is 1. The number of benzene rings is 1.